The van der Waals surface area contributed by atoms with Crippen molar-refractivity contribution in [2.45, 2.75) is 12.4 Å². The van der Waals surface area contributed by atoms with Crippen molar-refractivity contribution in [2.75, 3.05) is 12.4 Å². The van der Waals surface area contributed by atoms with E-state index in [-0.39, 0.29) is 23.2 Å². The Bertz CT molecular complexity index is 1010. The number of hydrogen-bond donors (Lipinski definition) is 2. The van der Waals surface area contributed by atoms with Crippen LogP contribution in [-0.2, 0) is 31.2 Å². The van der Waals surface area contributed by atoms with Gasteiger partial charge < -0.3 is 9.84 Å². The Labute approximate surface area is 180 Å². The molecule has 0 aliphatic rings. The van der Waals surface area contributed by atoms with Gasteiger partial charge in [0.2, 0.25) is 0 Å². The van der Waals surface area contributed by atoms with Gasteiger partial charge in [0.1, 0.15) is 5.75 Å². The van der Waals surface area contributed by atoms with Crippen LogP contribution in [0.5, 0.6) is 5.75 Å². The van der Waals surface area contributed by atoms with Crippen molar-refractivity contribution < 1.29 is 59.7 Å². The van der Waals surface area contributed by atoms with Crippen molar-refractivity contribution in [3.63, 3.8) is 0 Å². The Morgan fingerprint density at radius 2 is 1.59 bits per heavy atom. The number of amides is 1. The number of nitrogens with one attached hydrogen (secondary N) is 1. The molecule has 1 atom stereocenters. The van der Waals surface area contributed by atoms with E-state index in [1.165, 1.54) is 0 Å². The summed E-state index contributed by atoms with van der Waals surface area (Å²) in [5.41, 5.74) is -4.81. The number of halogens is 7. The van der Waals surface area contributed by atoms with Crippen LogP contribution in [0.15, 0.2) is 36.4 Å². The van der Waals surface area contributed by atoms with Crippen molar-refractivity contribution in [3.05, 3.63) is 58.1 Å². The molecule has 0 bridgehead atoms. The maximum Gasteiger partial charge on any atom is 0.585 e. The summed E-state index contributed by atoms with van der Waals surface area (Å²) in [6, 6.07) is 3.37. The van der Waals surface area contributed by atoms with E-state index in [0.717, 1.165) is 25.3 Å². The lowest BCUT2D eigenvalue weighted by molar-refractivity contribution is -0.240. The van der Waals surface area contributed by atoms with Crippen LogP contribution in [0.3, 0.4) is 0 Å². The SMILES string of the molecule is COOP(=O)(OO)Oc1ccc(Cl)cc1C(=O)Nc1cc(C(F)(F)F)cc(C(F)(F)F)c1. The average Bonchev–Trinajstić information content (AvgIpc) is 2.68. The summed E-state index contributed by atoms with van der Waals surface area (Å²) >= 11 is 5.76. The van der Waals surface area contributed by atoms with Gasteiger partial charge in [-0.15, -0.1) is 9.35 Å². The van der Waals surface area contributed by atoms with Gasteiger partial charge in [-0.1, -0.05) is 11.6 Å². The van der Waals surface area contributed by atoms with Crippen molar-refractivity contribution in [2.24, 2.45) is 0 Å². The highest BCUT2D eigenvalue weighted by atomic mass is 35.5. The Kier molecular flexibility index (Phi) is 7.81. The van der Waals surface area contributed by atoms with Gasteiger partial charge in [0, 0.05) is 10.7 Å². The quantitative estimate of drug-likeness (QED) is 0.199. The summed E-state index contributed by atoms with van der Waals surface area (Å²) in [6.07, 6.45) is -10.3. The number of carbonyl (C=O) groups excluding carboxylic acids is 1. The van der Waals surface area contributed by atoms with Gasteiger partial charge in [-0.3, -0.25) is 4.79 Å². The minimum absolute atomic E-state index is 0.116. The molecule has 16 heteroatoms. The van der Waals surface area contributed by atoms with Crippen LogP contribution in [0.1, 0.15) is 21.5 Å². The fraction of sp³-hybridized carbons (Fsp3) is 0.188. The molecule has 0 fully saturated rings. The molecular formula is C16H11ClF6NO7P. The van der Waals surface area contributed by atoms with E-state index in [1.54, 1.807) is 0 Å². The first kappa shape index (κ1) is 25.9. The fourth-order valence-corrected chi connectivity index (χ4v) is 3.09. The zero-order chi connectivity index (χ0) is 24.3. The molecule has 0 aromatic heterocycles. The second-order valence-corrected chi connectivity index (χ2v) is 7.58. The Balaban J connectivity index is 2.47. The largest absolute Gasteiger partial charge is 0.585 e. The highest BCUT2D eigenvalue weighted by Crippen LogP contribution is 2.49. The lowest BCUT2D eigenvalue weighted by atomic mass is 10.1. The van der Waals surface area contributed by atoms with Crippen LogP contribution in [0, 0.1) is 0 Å². The van der Waals surface area contributed by atoms with Crippen LogP contribution < -0.4 is 9.84 Å². The fourth-order valence-electron chi connectivity index (χ4n) is 2.24. The first-order valence-corrected chi connectivity index (χ1v) is 9.78. The lowest BCUT2D eigenvalue weighted by Crippen LogP contribution is -2.17. The van der Waals surface area contributed by atoms with Gasteiger partial charge in [0.25, 0.3) is 5.91 Å². The number of alkyl halides is 6. The number of benzene rings is 2. The minimum atomic E-state index is -5.15. The van der Waals surface area contributed by atoms with Crippen molar-refractivity contribution >= 4 is 31.0 Å². The maximum atomic E-state index is 13.0. The molecule has 0 aliphatic heterocycles. The third kappa shape index (κ3) is 6.58. The van der Waals surface area contributed by atoms with Crippen LogP contribution >= 0.6 is 19.4 Å². The Morgan fingerprint density at radius 3 is 2.06 bits per heavy atom. The van der Waals surface area contributed by atoms with Crippen molar-refractivity contribution in [1.82, 2.24) is 0 Å². The molecule has 0 saturated heterocycles. The Hall–Kier alpha value is -2.35. The molecule has 0 aliphatic carbocycles. The Morgan fingerprint density at radius 1 is 1.03 bits per heavy atom. The van der Waals surface area contributed by atoms with Crippen LogP contribution in [0.4, 0.5) is 32.0 Å². The zero-order valence-corrected chi connectivity index (χ0v) is 17.1. The molecule has 8 nitrogen and oxygen atoms in total. The van der Waals surface area contributed by atoms with Crippen LogP contribution in [0.2, 0.25) is 5.02 Å². The van der Waals surface area contributed by atoms with E-state index in [0.29, 0.717) is 0 Å². The average molecular weight is 510 g/mol. The molecule has 0 radical (unpaired) electrons. The lowest BCUT2D eigenvalue weighted by Gasteiger charge is -2.17. The van der Waals surface area contributed by atoms with E-state index in [9.17, 15) is 35.7 Å². The molecule has 2 aromatic rings. The predicted octanol–water partition coefficient (Wildman–Crippen LogP) is 6.18. The topological polar surface area (TPSA) is 103 Å². The monoisotopic (exact) mass is 509 g/mol. The van der Waals surface area contributed by atoms with Gasteiger partial charge >= 0.3 is 20.2 Å². The first-order valence-electron chi connectivity index (χ1n) is 7.94. The van der Waals surface area contributed by atoms with Crippen LogP contribution in [-0.4, -0.2) is 18.3 Å². The second-order valence-electron chi connectivity index (χ2n) is 5.75. The first-order chi connectivity index (χ1) is 14.7. The van der Waals surface area contributed by atoms with Crippen LogP contribution in [0.25, 0.3) is 0 Å². The van der Waals surface area contributed by atoms with E-state index in [2.05, 4.69) is 14.2 Å². The summed E-state index contributed by atoms with van der Waals surface area (Å²) in [5, 5.41) is 10.4. The third-order valence-electron chi connectivity index (χ3n) is 3.51. The summed E-state index contributed by atoms with van der Waals surface area (Å²) < 4.78 is 102. The summed E-state index contributed by atoms with van der Waals surface area (Å²) in [5.74, 6) is -1.94. The molecule has 2 rings (SSSR count). The molecule has 32 heavy (non-hydrogen) atoms. The van der Waals surface area contributed by atoms with Gasteiger partial charge in [-0.05, 0) is 36.4 Å². The minimum Gasteiger partial charge on any atom is -0.400 e. The molecule has 1 unspecified atom stereocenters. The standard InChI is InChI=1S/C16H11ClF6NO7P/c1-28-31-32(27,30-26)29-13-3-2-10(17)7-12(13)14(25)24-11-5-8(15(18,19)20)4-9(6-11)16(21,22)23/h2-7,26H,1H3,(H,24,25). The number of carbonyl (C=O) groups is 1. The van der Waals surface area contributed by atoms with E-state index in [1.807, 2.05) is 5.32 Å². The second kappa shape index (κ2) is 9.65. The molecule has 2 aromatic carbocycles. The van der Waals surface area contributed by atoms with Gasteiger partial charge in [0.15, 0.2) is 0 Å². The zero-order valence-electron chi connectivity index (χ0n) is 15.5. The molecule has 0 heterocycles. The van der Waals surface area contributed by atoms with Crippen molar-refractivity contribution in [3.8, 4) is 5.75 Å². The highest BCUT2D eigenvalue weighted by molar-refractivity contribution is 7.48. The summed E-state index contributed by atoms with van der Waals surface area (Å²) in [4.78, 5) is 16.6. The van der Waals surface area contributed by atoms with E-state index in [4.69, 9.17) is 21.4 Å². The number of phosphoric acid groups is 1. The van der Waals surface area contributed by atoms with Gasteiger partial charge in [0.05, 0.1) is 23.8 Å². The van der Waals surface area contributed by atoms with Crippen molar-refractivity contribution in [1.29, 1.82) is 0 Å². The number of anilines is 1. The highest BCUT2D eigenvalue weighted by Gasteiger charge is 2.37. The predicted molar refractivity (Wildman–Crippen MR) is 95.9 cm³/mol. The summed E-state index contributed by atoms with van der Waals surface area (Å²) in [7, 11) is -3.96. The number of rotatable bonds is 7. The van der Waals surface area contributed by atoms with Gasteiger partial charge in [-0.25, -0.2) is 14.7 Å². The van der Waals surface area contributed by atoms with Gasteiger partial charge in [-0.2, -0.15) is 26.3 Å². The molecule has 0 spiro atoms. The maximum absolute atomic E-state index is 13.0. The normalized spacial score (nSPS) is 14.0. The summed E-state index contributed by atoms with van der Waals surface area (Å²) in [6.45, 7) is 0. The molecule has 0 saturated carbocycles. The molecule has 2 N–H and O–H groups in total. The number of hydrogen-bond acceptors (Lipinski definition) is 7. The smallest absolute Gasteiger partial charge is 0.400 e. The van der Waals surface area contributed by atoms with E-state index < -0.39 is 54.2 Å². The third-order valence-corrected chi connectivity index (χ3v) is 4.69. The van der Waals surface area contributed by atoms with E-state index >= 15 is 0 Å². The molecular weight excluding hydrogens is 499 g/mol. The molecule has 1 amide bonds. The molecule has 176 valence electrons.